The molecule has 0 saturated carbocycles. The van der Waals surface area contributed by atoms with Gasteiger partial charge in [-0.3, -0.25) is 0 Å². The Kier molecular flexibility index (Phi) is 4.89. The molecule has 1 atom stereocenters. The van der Waals surface area contributed by atoms with Crippen molar-refractivity contribution in [1.29, 1.82) is 0 Å². The minimum atomic E-state index is -3.57. The molecule has 0 aliphatic rings. The molecule has 6 nitrogen and oxygen atoms in total. The second-order valence-electron chi connectivity index (χ2n) is 4.55. The summed E-state index contributed by atoms with van der Waals surface area (Å²) in [7, 11) is -3.57. The van der Waals surface area contributed by atoms with Gasteiger partial charge in [0.25, 0.3) is 10.0 Å². The van der Waals surface area contributed by atoms with E-state index in [1.54, 1.807) is 0 Å². The van der Waals surface area contributed by atoms with Crippen LogP contribution in [0.15, 0.2) is 17.6 Å². The molecule has 1 aromatic rings. The first-order chi connectivity index (χ1) is 8.42. The second kappa shape index (κ2) is 5.81. The van der Waals surface area contributed by atoms with E-state index in [1.165, 1.54) is 16.8 Å². The smallest absolute Gasteiger partial charge is 0.260 e. The molecule has 1 unspecified atom stereocenters. The number of H-pyrrole nitrogens is 1. The number of hydrogen-bond donors (Lipinski definition) is 2. The maximum atomic E-state index is 12.5. The molecule has 1 aromatic heterocycles. The van der Waals surface area contributed by atoms with Crippen molar-refractivity contribution in [2.75, 3.05) is 13.1 Å². The Labute approximate surface area is 109 Å². The lowest BCUT2D eigenvalue weighted by atomic mass is 9.99. The van der Waals surface area contributed by atoms with Gasteiger partial charge in [-0.15, -0.1) is 0 Å². The van der Waals surface area contributed by atoms with Crippen LogP contribution in [0.3, 0.4) is 0 Å². The van der Waals surface area contributed by atoms with Crippen molar-refractivity contribution in [3.63, 3.8) is 0 Å². The molecular weight excluding hydrogens is 252 g/mol. The largest absolute Gasteiger partial charge is 0.335 e. The summed E-state index contributed by atoms with van der Waals surface area (Å²) in [6.07, 6.45) is 4.09. The van der Waals surface area contributed by atoms with Crippen LogP contribution in [-0.4, -0.2) is 41.3 Å². The zero-order valence-corrected chi connectivity index (χ0v) is 12.0. The molecule has 1 heterocycles. The number of rotatable bonds is 7. The molecule has 3 N–H and O–H groups in total. The van der Waals surface area contributed by atoms with Gasteiger partial charge in [0, 0.05) is 18.6 Å². The number of imidazole rings is 1. The molecule has 104 valence electrons. The first-order valence-corrected chi connectivity index (χ1v) is 7.57. The van der Waals surface area contributed by atoms with Gasteiger partial charge in [0.05, 0.1) is 12.5 Å². The summed E-state index contributed by atoms with van der Waals surface area (Å²) in [6, 6.07) is 0. The summed E-state index contributed by atoms with van der Waals surface area (Å²) in [5.41, 5.74) is 5.20. The molecular formula is C11H22N4O2S. The Morgan fingerprint density at radius 1 is 1.50 bits per heavy atom. The fourth-order valence-corrected chi connectivity index (χ4v) is 3.65. The number of aromatic amines is 1. The number of nitrogens with one attached hydrogen (secondary N) is 1. The van der Waals surface area contributed by atoms with Crippen molar-refractivity contribution in [3.8, 4) is 0 Å². The Balaban J connectivity index is 3.21. The van der Waals surface area contributed by atoms with Gasteiger partial charge in [-0.05, 0) is 19.8 Å². The van der Waals surface area contributed by atoms with Crippen molar-refractivity contribution in [1.82, 2.24) is 14.3 Å². The number of nitrogens with two attached hydrogens (primary N) is 1. The summed E-state index contributed by atoms with van der Waals surface area (Å²) in [4.78, 5) is 6.43. The van der Waals surface area contributed by atoms with Crippen LogP contribution in [0, 0.1) is 0 Å². The summed E-state index contributed by atoms with van der Waals surface area (Å²) >= 11 is 0. The summed E-state index contributed by atoms with van der Waals surface area (Å²) < 4.78 is 26.6. The summed E-state index contributed by atoms with van der Waals surface area (Å²) in [6.45, 7) is 6.50. The quantitative estimate of drug-likeness (QED) is 0.774. The van der Waals surface area contributed by atoms with Crippen molar-refractivity contribution in [2.45, 2.75) is 44.2 Å². The van der Waals surface area contributed by atoms with Gasteiger partial charge in [-0.2, -0.15) is 4.31 Å². The number of sulfonamides is 1. The third-order valence-corrected chi connectivity index (χ3v) is 5.25. The fraction of sp³-hybridized carbons (Fsp3) is 0.727. The van der Waals surface area contributed by atoms with Gasteiger partial charge in [-0.1, -0.05) is 13.8 Å². The molecule has 0 radical (unpaired) electrons. The van der Waals surface area contributed by atoms with Crippen LogP contribution in [0.4, 0.5) is 0 Å². The third kappa shape index (κ3) is 2.73. The Bertz CT molecular complexity index is 451. The molecule has 7 heteroatoms. The van der Waals surface area contributed by atoms with E-state index in [0.29, 0.717) is 13.0 Å². The van der Waals surface area contributed by atoms with Crippen LogP contribution in [0.5, 0.6) is 0 Å². The highest BCUT2D eigenvalue weighted by Crippen LogP contribution is 2.25. The van der Waals surface area contributed by atoms with Gasteiger partial charge in [-0.25, -0.2) is 13.4 Å². The summed E-state index contributed by atoms with van der Waals surface area (Å²) in [5, 5.41) is 0.115. The van der Waals surface area contributed by atoms with E-state index in [2.05, 4.69) is 9.97 Å². The average molecular weight is 274 g/mol. The van der Waals surface area contributed by atoms with Gasteiger partial charge in [0.2, 0.25) is 0 Å². The highest BCUT2D eigenvalue weighted by Gasteiger charge is 2.38. The number of aromatic nitrogens is 2. The van der Waals surface area contributed by atoms with Gasteiger partial charge in [0.15, 0.2) is 5.03 Å². The first-order valence-electron chi connectivity index (χ1n) is 6.13. The average Bonchev–Trinajstić information content (AvgIpc) is 2.89. The lowest BCUT2D eigenvalue weighted by molar-refractivity contribution is 0.205. The van der Waals surface area contributed by atoms with E-state index >= 15 is 0 Å². The third-order valence-electron chi connectivity index (χ3n) is 3.27. The maximum absolute atomic E-state index is 12.5. The van der Waals surface area contributed by atoms with E-state index in [-0.39, 0.29) is 11.6 Å². The minimum absolute atomic E-state index is 0.115. The minimum Gasteiger partial charge on any atom is -0.335 e. The van der Waals surface area contributed by atoms with Gasteiger partial charge in [0.1, 0.15) is 0 Å². The van der Waals surface area contributed by atoms with E-state index in [4.69, 9.17) is 5.73 Å². The van der Waals surface area contributed by atoms with E-state index in [0.717, 1.165) is 6.42 Å². The van der Waals surface area contributed by atoms with Crippen molar-refractivity contribution in [2.24, 2.45) is 5.73 Å². The molecule has 0 aromatic carbocycles. The van der Waals surface area contributed by atoms with Crippen LogP contribution < -0.4 is 5.73 Å². The number of hydrogen-bond acceptors (Lipinski definition) is 4. The summed E-state index contributed by atoms with van der Waals surface area (Å²) in [5.74, 6) is 0. The van der Waals surface area contributed by atoms with Crippen LogP contribution in [0.1, 0.15) is 33.6 Å². The molecule has 1 rings (SSSR count). The fourth-order valence-electron chi connectivity index (χ4n) is 1.81. The predicted molar refractivity (Wildman–Crippen MR) is 70.5 cm³/mol. The highest BCUT2D eigenvalue weighted by atomic mass is 32.2. The number of nitrogens with zero attached hydrogens (tertiary/aromatic N) is 2. The zero-order chi connectivity index (χ0) is 13.8. The molecule has 0 saturated heterocycles. The first kappa shape index (κ1) is 15.1. The van der Waals surface area contributed by atoms with E-state index < -0.39 is 15.6 Å². The Morgan fingerprint density at radius 3 is 2.56 bits per heavy atom. The molecule has 18 heavy (non-hydrogen) atoms. The zero-order valence-electron chi connectivity index (χ0n) is 11.2. The standard InChI is InChI=1S/C11H22N4O2S/c1-4-6-15(11(3,5-2)8-12)18(16,17)10-7-13-9-14-10/h7,9H,4-6,8,12H2,1-3H3,(H,13,14). The van der Waals surface area contributed by atoms with E-state index in [1.807, 2.05) is 20.8 Å². The van der Waals surface area contributed by atoms with Gasteiger partial charge >= 0.3 is 0 Å². The lowest BCUT2D eigenvalue weighted by Gasteiger charge is -2.38. The van der Waals surface area contributed by atoms with Crippen molar-refractivity contribution < 1.29 is 8.42 Å². The molecule has 0 aliphatic carbocycles. The molecule has 0 aliphatic heterocycles. The topological polar surface area (TPSA) is 92.1 Å². The Morgan fingerprint density at radius 2 is 2.17 bits per heavy atom. The SMILES string of the molecule is CCCN(C(C)(CC)CN)S(=O)(=O)c1cnc[nH]1. The van der Waals surface area contributed by atoms with E-state index in [9.17, 15) is 8.42 Å². The molecule has 0 amide bonds. The van der Waals surface area contributed by atoms with Crippen LogP contribution in [-0.2, 0) is 10.0 Å². The molecule has 0 bridgehead atoms. The van der Waals surface area contributed by atoms with Gasteiger partial charge < -0.3 is 10.7 Å². The van der Waals surface area contributed by atoms with Crippen molar-refractivity contribution in [3.05, 3.63) is 12.5 Å². The Hall–Kier alpha value is -0.920. The van der Waals surface area contributed by atoms with Crippen LogP contribution >= 0.6 is 0 Å². The second-order valence-corrected chi connectivity index (χ2v) is 6.38. The predicted octanol–water partition coefficient (Wildman–Crippen LogP) is 0.938. The normalized spacial score (nSPS) is 15.8. The van der Waals surface area contributed by atoms with Crippen molar-refractivity contribution >= 4 is 10.0 Å². The van der Waals surface area contributed by atoms with Crippen LogP contribution in [0.25, 0.3) is 0 Å². The monoisotopic (exact) mass is 274 g/mol. The van der Waals surface area contributed by atoms with Crippen LogP contribution in [0.2, 0.25) is 0 Å². The maximum Gasteiger partial charge on any atom is 0.260 e. The molecule has 0 spiro atoms. The highest BCUT2D eigenvalue weighted by molar-refractivity contribution is 7.89. The molecule has 0 fully saturated rings. The lowest BCUT2D eigenvalue weighted by Crippen LogP contribution is -2.54.